The maximum absolute atomic E-state index is 12.6. The molecule has 0 spiro atoms. The number of hydrazone groups is 1. The minimum Gasteiger partial charge on any atom is -0.379 e. The fraction of sp³-hybridized carbons (Fsp3) is 0.308. The van der Waals surface area contributed by atoms with Gasteiger partial charge in [0.1, 0.15) is 17.0 Å². The summed E-state index contributed by atoms with van der Waals surface area (Å²) in [5, 5.41) is 20.9. The number of nitrogens with zero attached hydrogens (tertiary/aromatic N) is 4. The van der Waals surface area contributed by atoms with Crippen molar-refractivity contribution in [1.29, 1.82) is 10.5 Å². The SMILES string of the molecule is N#CC(C#N)=NNc1ccccc1S(=O)(=O)N1CCOCC1. The first-order valence-electron chi connectivity index (χ1n) is 6.40. The van der Waals surface area contributed by atoms with E-state index in [1.165, 1.54) is 16.4 Å². The van der Waals surface area contributed by atoms with Gasteiger partial charge in [0.05, 0.1) is 18.9 Å². The first-order chi connectivity index (χ1) is 10.6. The Kier molecular flexibility index (Phi) is 5.07. The van der Waals surface area contributed by atoms with Crippen LogP contribution >= 0.6 is 0 Å². The lowest BCUT2D eigenvalue weighted by Gasteiger charge is -2.26. The third kappa shape index (κ3) is 3.40. The molecule has 1 heterocycles. The number of nitriles is 2. The molecule has 9 heteroatoms. The van der Waals surface area contributed by atoms with Gasteiger partial charge in [-0.25, -0.2) is 8.42 Å². The number of para-hydroxylation sites is 1. The zero-order valence-electron chi connectivity index (χ0n) is 11.6. The van der Waals surface area contributed by atoms with E-state index in [0.717, 1.165) is 0 Å². The molecule has 0 aromatic heterocycles. The van der Waals surface area contributed by atoms with Crippen LogP contribution in [0, 0.1) is 22.7 Å². The molecule has 0 bridgehead atoms. The number of rotatable bonds is 4. The molecule has 1 aromatic carbocycles. The summed E-state index contributed by atoms with van der Waals surface area (Å²) >= 11 is 0. The number of benzene rings is 1. The van der Waals surface area contributed by atoms with E-state index < -0.39 is 15.7 Å². The van der Waals surface area contributed by atoms with Crippen LogP contribution in [0.5, 0.6) is 0 Å². The molecule has 1 aromatic rings. The molecule has 2 rings (SSSR count). The van der Waals surface area contributed by atoms with Crippen LogP contribution in [0.15, 0.2) is 34.3 Å². The van der Waals surface area contributed by atoms with Crippen LogP contribution < -0.4 is 5.43 Å². The molecule has 114 valence electrons. The van der Waals surface area contributed by atoms with Crippen LogP contribution in [0.4, 0.5) is 5.69 Å². The molecular weight excluding hydrogens is 306 g/mol. The van der Waals surface area contributed by atoms with Crippen LogP contribution in [0.25, 0.3) is 0 Å². The van der Waals surface area contributed by atoms with Gasteiger partial charge in [-0.15, -0.1) is 0 Å². The van der Waals surface area contributed by atoms with Crippen molar-refractivity contribution in [2.45, 2.75) is 4.90 Å². The second kappa shape index (κ2) is 7.00. The molecule has 1 aliphatic rings. The number of anilines is 1. The lowest BCUT2D eigenvalue weighted by molar-refractivity contribution is 0.0730. The summed E-state index contributed by atoms with van der Waals surface area (Å²) in [7, 11) is -3.70. The summed E-state index contributed by atoms with van der Waals surface area (Å²) in [6, 6.07) is 9.38. The van der Waals surface area contributed by atoms with Gasteiger partial charge >= 0.3 is 0 Å². The summed E-state index contributed by atoms with van der Waals surface area (Å²) in [6.07, 6.45) is 0. The van der Waals surface area contributed by atoms with Gasteiger partial charge in [-0.2, -0.15) is 19.9 Å². The predicted octanol–water partition coefficient (Wildman–Crippen LogP) is 0.523. The van der Waals surface area contributed by atoms with Crippen LogP contribution in [0.3, 0.4) is 0 Å². The second-order valence-electron chi connectivity index (χ2n) is 4.31. The molecule has 1 fully saturated rings. The summed E-state index contributed by atoms with van der Waals surface area (Å²) in [5.74, 6) is 0. The monoisotopic (exact) mass is 319 g/mol. The van der Waals surface area contributed by atoms with Gasteiger partial charge in [0.15, 0.2) is 0 Å². The Morgan fingerprint density at radius 2 is 1.86 bits per heavy atom. The maximum atomic E-state index is 12.6. The van der Waals surface area contributed by atoms with Gasteiger partial charge in [-0.3, -0.25) is 5.43 Å². The highest BCUT2D eigenvalue weighted by Gasteiger charge is 2.28. The third-order valence-corrected chi connectivity index (χ3v) is 4.93. The number of morpholine rings is 1. The van der Waals surface area contributed by atoms with Gasteiger partial charge in [-0.1, -0.05) is 12.1 Å². The van der Waals surface area contributed by atoms with Gasteiger partial charge in [0.25, 0.3) is 0 Å². The summed E-state index contributed by atoms with van der Waals surface area (Å²) in [5.41, 5.74) is 2.28. The summed E-state index contributed by atoms with van der Waals surface area (Å²) < 4.78 is 31.8. The normalized spacial score (nSPS) is 15.4. The molecule has 0 radical (unpaired) electrons. The van der Waals surface area contributed by atoms with Crippen molar-refractivity contribution in [2.75, 3.05) is 31.7 Å². The summed E-state index contributed by atoms with van der Waals surface area (Å²) in [6.45, 7) is 1.25. The first kappa shape index (κ1) is 15.9. The van der Waals surface area contributed by atoms with Crippen molar-refractivity contribution in [1.82, 2.24) is 4.31 Å². The third-order valence-electron chi connectivity index (χ3n) is 2.97. The molecule has 0 saturated carbocycles. The highest BCUT2D eigenvalue weighted by Crippen LogP contribution is 2.25. The largest absolute Gasteiger partial charge is 0.379 e. The number of ether oxygens (including phenoxy) is 1. The number of hydrogen-bond acceptors (Lipinski definition) is 7. The van der Waals surface area contributed by atoms with Crippen molar-refractivity contribution in [3.8, 4) is 12.1 Å². The highest BCUT2D eigenvalue weighted by molar-refractivity contribution is 7.89. The molecule has 0 unspecified atom stereocenters. The van der Waals surface area contributed by atoms with Crippen molar-refractivity contribution in [2.24, 2.45) is 5.10 Å². The van der Waals surface area contributed by atoms with Crippen molar-refractivity contribution in [3.05, 3.63) is 24.3 Å². The average molecular weight is 319 g/mol. The Hall–Kier alpha value is -2.46. The Labute approximate surface area is 128 Å². The van der Waals surface area contributed by atoms with E-state index in [9.17, 15) is 8.42 Å². The zero-order chi connectivity index (χ0) is 16.0. The van der Waals surface area contributed by atoms with Gasteiger partial charge in [0.2, 0.25) is 15.7 Å². The van der Waals surface area contributed by atoms with Crippen LogP contribution in [0.2, 0.25) is 0 Å². The van der Waals surface area contributed by atoms with E-state index in [2.05, 4.69) is 10.5 Å². The first-order valence-corrected chi connectivity index (χ1v) is 7.84. The van der Waals surface area contributed by atoms with E-state index in [1.54, 1.807) is 24.3 Å². The van der Waals surface area contributed by atoms with Crippen molar-refractivity contribution >= 4 is 21.4 Å². The molecule has 1 saturated heterocycles. The minimum atomic E-state index is -3.70. The Balaban J connectivity index is 2.34. The van der Waals surface area contributed by atoms with Gasteiger partial charge in [0, 0.05) is 13.1 Å². The molecule has 0 atom stereocenters. The topological polar surface area (TPSA) is 119 Å². The lowest BCUT2D eigenvalue weighted by Crippen LogP contribution is -2.40. The Morgan fingerprint density at radius 3 is 2.50 bits per heavy atom. The molecular formula is C13H13N5O3S. The molecule has 0 amide bonds. The van der Waals surface area contributed by atoms with Crippen LogP contribution in [0.1, 0.15) is 0 Å². The van der Waals surface area contributed by atoms with E-state index in [0.29, 0.717) is 13.2 Å². The molecule has 8 nitrogen and oxygen atoms in total. The molecule has 1 N–H and O–H groups in total. The standard InChI is InChI=1S/C13H13N5O3S/c14-9-11(10-15)16-17-12-3-1-2-4-13(12)22(19,20)18-5-7-21-8-6-18/h1-4,17H,5-8H2. The Morgan fingerprint density at radius 1 is 1.23 bits per heavy atom. The number of hydrogen-bond donors (Lipinski definition) is 1. The summed E-state index contributed by atoms with van der Waals surface area (Å²) in [4.78, 5) is 0.0379. The van der Waals surface area contributed by atoms with Crippen LogP contribution in [-0.2, 0) is 14.8 Å². The number of nitrogens with one attached hydrogen (secondary N) is 1. The second-order valence-corrected chi connectivity index (χ2v) is 6.21. The lowest BCUT2D eigenvalue weighted by atomic mass is 10.3. The zero-order valence-corrected chi connectivity index (χ0v) is 12.4. The molecule has 22 heavy (non-hydrogen) atoms. The van der Waals surface area contributed by atoms with Gasteiger partial charge < -0.3 is 4.74 Å². The van der Waals surface area contributed by atoms with E-state index in [4.69, 9.17) is 15.3 Å². The van der Waals surface area contributed by atoms with E-state index in [1.807, 2.05) is 0 Å². The van der Waals surface area contributed by atoms with Crippen molar-refractivity contribution < 1.29 is 13.2 Å². The fourth-order valence-corrected chi connectivity index (χ4v) is 3.45. The molecule has 1 aliphatic heterocycles. The fourth-order valence-electron chi connectivity index (χ4n) is 1.90. The highest BCUT2D eigenvalue weighted by atomic mass is 32.2. The van der Waals surface area contributed by atoms with E-state index in [-0.39, 0.29) is 23.7 Å². The van der Waals surface area contributed by atoms with Crippen LogP contribution in [-0.4, -0.2) is 44.7 Å². The average Bonchev–Trinajstić information content (AvgIpc) is 2.57. The smallest absolute Gasteiger partial charge is 0.245 e. The Bertz CT molecular complexity index is 739. The maximum Gasteiger partial charge on any atom is 0.245 e. The number of sulfonamides is 1. The predicted molar refractivity (Wildman–Crippen MR) is 78.3 cm³/mol. The van der Waals surface area contributed by atoms with E-state index >= 15 is 0 Å². The quantitative estimate of drug-likeness (QED) is 0.638. The minimum absolute atomic E-state index is 0.0379. The van der Waals surface area contributed by atoms with Gasteiger partial charge in [-0.05, 0) is 12.1 Å². The van der Waals surface area contributed by atoms with Crippen molar-refractivity contribution in [3.63, 3.8) is 0 Å². The molecule has 0 aliphatic carbocycles.